The Morgan fingerprint density at radius 2 is 1.77 bits per heavy atom. The number of aliphatic hydroxyl groups is 1. The first-order valence-electron chi connectivity index (χ1n) is 10.5. The predicted octanol–water partition coefficient (Wildman–Crippen LogP) is 0.365. The standard InChI is InChI=1S/C22H20N4O4S.C2H4O2/c27-13-17(14-31(29,30)18-4-2-1-3-5-18)24-22(28)16-6-7-19-20(12-16)26-21(25-19)15-8-10-23-11-9-15;1-2(3)4/h1-12,17,27H,13-14H2,(H,24,28)(H,25,26);1H3,(H,3,4)/t17-;/m1./s1. The zero-order chi connectivity index (χ0) is 25.4. The van der Waals surface area contributed by atoms with Gasteiger partial charge in [-0.25, -0.2) is 18.4 Å². The van der Waals surface area contributed by atoms with Gasteiger partial charge in [0.1, 0.15) is 5.82 Å². The molecule has 0 aliphatic heterocycles. The predicted molar refractivity (Wildman–Crippen MR) is 126 cm³/mol. The molecule has 0 fully saturated rings. The number of nitrogens with zero attached hydrogens (tertiary/aromatic N) is 1. The van der Waals surface area contributed by atoms with Crippen molar-refractivity contribution in [3.05, 3.63) is 78.6 Å². The number of pyridine rings is 1. The minimum atomic E-state index is -3.65. The first kappa shape index (κ1) is 25.5. The van der Waals surface area contributed by atoms with Crippen LogP contribution in [0.5, 0.6) is 0 Å². The Morgan fingerprint density at radius 3 is 2.40 bits per heavy atom. The number of benzene rings is 2. The number of aromatic amines is 2. The minimum Gasteiger partial charge on any atom is -0.550 e. The third-order valence-electron chi connectivity index (χ3n) is 4.81. The zero-order valence-electron chi connectivity index (χ0n) is 18.8. The molecular weight excluding hydrogens is 472 g/mol. The first-order valence-corrected chi connectivity index (χ1v) is 12.2. The van der Waals surface area contributed by atoms with Gasteiger partial charge < -0.3 is 25.3 Å². The van der Waals surface area contributed by atoms with Gasteiger partial charge in [-0.05, 0) is 37.3 Å². The highest BCUT2D eigenvalue weighted by molar-refractivity contribution is 7.91. The number of nitrogens with one attached hydrogen (secondary N) is 3. The smallest absolute Gasteiger partial charge is 0.251 e. The van der Waals surface area contributed by atoms with Crippen molar-refractivity contribution in [1.82, 2.24) is 15.3 Å². The number of aromatic nitrogens is 3. The lowest BCUT2D eigenvalue weighted by Gasteiger charge is -2.16. The van der Waals surface area contributed by atoms with Crippen molar-refractivity contribution in [2.24, 2.45) is 0 Å². The van der Waals surface area contributed by atoms with Gasteiger partial charge >= 0.3 is 0 Å². The summed E-state index contributed by atoms with van der Waals surface area (Å²) in [7, 11) is -3.65. The summed E-state index contributed by atoms with van der Waals surface area (Å²) in [6.45, 7) is 0.472. The Morgan fingerprint density at radius 1 is 1.11 bits per heavy atom. The number of fused-ring (bicyclic) bond motifs is 1. The minimum absolute atomic E-state index is 0.146. The largest absolute Gasteiger partial charge is 0.550 e. The molecule has 35 heavy (non-hydrogen) atoms. The molecule has 0 unspecified atom stereocenters. The van der Waals surface area contributed by atoms with E-state index in [2.05, 4.69) is 20.3 Å². The van der Waals surface area contributed by atoms with E-state index in [0.29, 0.717) is 22.4 Å². The Labute approximate surface area is 201 Å². The van der Waals surface area contributed by atoms with Crippen LogP contribution in [0.15, 0.2) is 78.0 Å². The summed E-state index contributed by atoms with van der Waals surface area (Å²) < 4.78 is 25.1. The highest BCUT2D eigenvalue weighted by atomic mass is 32.2. The van der Waals surface area contributed by atoms with Crippen molar-refractivity contribution in [2.45, 2.75) is 17.9 Å². The molecule has 4 N–H and O–H groups in total. The van der Waals surface area contributed by atoms with Gasteiger partial charge in [-0.15, -0.1) is 0 Å². The summed E-state index contributed by atoms with van der Waals surface area (Å²) >= 11 is 0. The Kier molecular flexibility index (Phi) is 8.29. The van der Waals surface area contributed by atoms with Crippen molar-refractivity contribution in [2.75, 3.05) is 12.4 Å². The topological polar surface area (TPSA) is 166 Å². The number of amides is 1. The van der Waals surface area contributed by atoms with Gasteiger partial charge in [-0.1, -0.05) is 18.2 Å². The molecule has 0 saturated carbocycles. The van der Waals surface area contributed by atoms with Crippen LogP contribution in [0.4, 0.5) is 0 Å². The fourth-order valence-electron chi connectivity index (χ4n) is 3.23. The van der Waals surface area contributed by atoms with Crippen molar-refractivity contribution in [1.29, 1.82) is 0 Å². The maximum absolute atomic E-state index is 12.7. The molecule has 1 atom stereocenters. The molecule has 0 bridgehead atoms. The van der Waals surface area contributed by atoms with Crippen LogP contribution >= 0.6 is 0 Å². The van der Waals surface area contributed by atoms with Crippen LogP contribution in [0.1, 0.15) is 17.3 Å². The number of carboxylic acids is 1. The van der Waals surface area contributed by atoms with Crippen LogP contribution in [0.3, 0.4) is 0 Å². The van der Waals surface area contributed by atoms with Crippen LogP contribution < -0.4 is 15.4 Å². The number of H-pyrrole nitrogens is 2. The Hall–Kier alpha value is -4.09. The van der Waals surface area contributed by atoms with E-state index in [0.717, 1.165) is 12.5 Å². The molecule has 182 valence electrons. The second kappa shape index (κ2) is 11.4. The number of carbonyl (C=O) groups excluding carboxylic acids is 2. The van der Waals surface area contributed by atoms with E-state index in [4.69, 9.17) is 9.90 Å². The number of carbonyl (C=O) groups is 2. The van der Waals surface area contributed by atoms with Crippen molar-refractivity contribution < 1.29 is 33.2 Å². The molecule has 0 saturated heterocycles. The number of aliphatic carboxylic acids is 1. The molecule has 0 aliphatic rings. The maximum atomic E-state index is 12.7. The van der Waals surface area contributed by atoms with Gasteiger partial charge in [0.25, 0.3) is 5.91 Å². The number of rotatable bonds is 7. The average Bonchev–Trinajstić information content (AvgIpc) is 3.28. The number of imidazole rings is 1. The fraction of sp³-hybridized carbons (Fsp3) is 0.167. The lowest BCUT2D eigenvalue weighted by atomic mass is 10.2. The summed E-state index contributed by atoms with van der Waals surface area (Å²) in [5.74, 6) is -1.29. The molecule has 10 nitrogen and oxygen atoms in total. The maximum Gasteiger partial charge on any atom is 0.251 e. The van der Waals surface area contributed by atoms with E-state index in [1.807, 2.05) is 12.1 Å². The van der Waals surface area contributed by atoms with E-state index in [-0.39, 0.29) is 4.90 Å². The molecule has 2 aromatic carbocycles. The Bertz CT molecular complexity index is 1400. The van der Waals surface area contributed by atoms with Gasteiger partial charge in [-0.2, -0.15) is 0 Å². The van der Waals surface area contributed by atoms with Crippen molar-refractivity contribution >= 4 is 32.7 Å². The van der Waals surface area contributed by atoms with E-state index < -0.39 is 40.1 Å². The second-order valence-corrected chi connectivity index (χ2v) is 9.58. The average molecular weight is 497 g/mol. The first-order chi connectivity index (χ1) is 16.7. The summed E-state index contributed by atoms with van der Waals surface area (Å²) in [6.07, 6.45) is 3.58. The molecule has 1 amide bonds. The summed E-state index contributed by atoms with van der Waals surface area (Å²) in [5, 5.41) is 21.1. The van der Waals surface area contributed by atoms with Crippen molar-refractivity contribution in [3.8, 4) is 11.4 Å². The van der Waals surface area contributed by atoms with Crippen LogP contribution in [0, 0.1) is 0 Å². The molecule has 4 aromatic rings. The van der Waals surface area contributed by atoms with Gasteiger partial charge in [0.2, 0.25) is 0 Å². The Balaban J connectivity index is 0.000000795. The third kappa shape index (κ3) is 6.95. The molecule has 4 rings (SSSR count). The fourth-order valence-corrected chi connectivity index (χ4v) is 4.71. The van der Waals surface area contributed by atoms with Crippen LogP contribution in [-0.4, -0.2) is 53.8 Å². The van der Waals surface area contributed by atoms with Gasteiger partial charge in [0.05, 0.1) is 34.3 Å². The van der Waals surface area contributed by atoms with Crippen LogP contribution in [-0.2, 0) is 14.6 Å². The van der Waals surface area contributed by atoms with E-state index in [1.54, 1.807) is 48.8 Å². The summed E-state index contributed by atoms with van der Waals surface area (Å²) in [4.78, 5) is 32.4. The molecular formula is C24H24N4O6S. The lowest BCUT2D eigenvalue weighted by molar-refractivity contribution is -0.377. The van der Waals surface area contributed by atoms with Crippen LogP contribution in [0.2, 0.25) is 0 Å². The molecule has 0 aliphatic carbocycles. The number of carboxylic acid groups (broad SMARTS) is 1. The highest BCUT2D eigenvalue weighted by Crippen LogP contribution is 2.20. The van der Waals surface area contributed by atoms with E-state index in [9.17, 15) is 18.3 Å². The van der Waals surface area contributed by atoms with Gasteiger partial charge in [0, 0.05) is 29.2 Å². The molecule has 11 heteroatoms. The SMILES string of the molecule is CC(=O)[O-].O=C(N[C@H](CO)CS(=O)(=O)c1ccccc1)c1ccc2nc(-c3cc[nH+]cc3)[nH]c2c1. The molecule has 0 spiro atoms. The number of hydrogen-bond donors (Lipinski definition) is 3. The van der Waals surface area contributed by atoms with Crippen LogP contribution in [0.25, 0.3) is 22.4 Å². The number of hydrogen-bond acceptors (Lipinski definition) is 7. The van der Waals surface area contributed by atoms with Gasteiger partial charge in [-0.3, -0.25) is 4.79 Å². The quantitative estimate of drug-likeness (QED) is 0.332. The monoisotopic (exact) mass is 496 g/mol. The van der Waals surface area contributed by atoms with Crippen molar-refractivity contribution in [3.63, 3.8) is 0 Å². The normalized spacial score (nSPS) is 11.8. The van der Waals surface area contributed by atoms with Gasteiger partial charge in [0.15, 0.2) is 22.2 Å². The molecule has 2 heterocycles. The summed E-state index contributed by atoms with van der Waals surface area (Å²) in [5.41, 5.74) is 2.60. The third-order valence-corrected chi connectivity index (χ3v) is 6.65. The van der Waals surface area contributed by atoms with E-state index >= 15 is 0 Å². The lowest BCUT2D eigenvalue weighted by Crippen LogP contribution is -2.42. The number of sulfone groups is 1. The second-order valence-electron chi connectivity index (χ2n) is 7.55. The van der Waals surface area contributed by atoms with E-state index in [1.165, 1.54) is 12.1 Å². The summed E-state index contributed by atoms with van der Waals surface area (Å²) in [6, 6.07) is 15.7. The molecule has 0 radical (unpaired) electrons. The zero-order valence-corrected chi connectivity index (χ0v) is 19.6. The molecule has 2 aromatic heterocycles. The number of aliphatic hydroxyl groups excluding tert-OH is 1. The highest BCUT2D eigenvalue weighted by Gasteiger charge is 2.23.